The van der Waals surface area contributed by atoms with Gasteiger partial charge in [-0.15, -0.1) is 0 Å². The molecule has 0 rings (SSSR count). The quantitative estimate of drug-likeness (QED) is 0.474. The van der Waals surface area contributed by atoms with Crippen LogP contribution in [0.25, 0.3) is 0 Å². The van der Waals surface area contributed by atoms with Crippen LogP contribution in [0.1, 0.15) is 59.8 Å². The summed E-state index contributed by atoms with van der Waals surface area (Å²) in [6, 6.07) is 0. The summed E-state index contributed by atoms with van der Waals surface area (Å²) in [7, 11) is -2.32. The molecule has 0 aliphatic heterocycles. The van der Waals surface area contributed by atoms with Crippen LogP contribution in [0.5, 0.6) is 0 Å². The van der Waals surface area contributed by atoms with E-state index in [1.54, 1.807) is 0 Å². The summed E-state index contributed by atoms with van der Waals surface area (Å²) in [5.74, 6) is 1.02. The van der Waals surface area contributed by atoms with Crippen LogP contribution in [0.4, 0.5) is 0 Å². The first-order valence-corrected chi connectivity index (χ1v) is 9.37. The molecule has 0 aromatic carbocycles. The minimum absolute atomic E-state index is 0.0783. The number of hydrogen-bond acceptors (Lipinski definition) is 2. The molecule has 16 heavy (non-hydrogen) atoms. The SMILES string of the molecule is CCCCC(C)[S+]([O-])[S+]([O-])CC(C)CCC. The van der Waals surface area contributed by atoms with Crippen molar-refractivity contribution in [2.24, 2.45) is 5.92 Å². The molecule has 0 fully saturated rings. The molecule has 0 aromatic heterocycles. The Morgan fingerprint density at radius 2 is 1.62 bits per heavy atom. The molecule has 0 spiro atoms. The van der Waals surface area contributed by atoms with Crippen molar-refractivity contribution >= 4 is 20.4 Å². The maximum Gasteiger partial charge on any atom is 0.173 e. The summed E-state index contributed by atoms with van der Waals surface area (Å²) in [5.41, 5.74) is 0. The van der Waals surface area contributed by atoms with Crippen molar-refractivity contribution in [1.82, 2.24) is 0 Å². The molecule has 0 saturated carbocycles. The lowest BCUT2D eigenvalue weighted by Crippen LogP contribution is -2.30. The smallest absolute Gasteiger partial charge is 0.173 e. The Morgan fingerprint density at radius 3 is 2.12 bits per heavy atom. The van der Waals surface area contributed by atoms with E-state index in [4.69, 9.17) is 0 Å². The summed E-state index contributed by atoms with van der Waals surface area (Å²) in [6.07, 6.45) is 5.30. The first kappa shape index (κ1) is 16.6. The molecule has 0 aliphatic rings. The van der Waals surface area contributed by atoms with Gasteiger partial charge in [0.1, 0.15) is 0 Å². The molecule has 0 N–H and O–H groups in total. The van der Waals surface area contributed by atoms with Gasteiger partial charge in [0.2, 0.25) is 0 Å². The Labute approximate surface area is 106 Å². The van der Waals surface area contributed by atoms with Gasteiger partial charge >= 0.3 is 0 Å². The van der Waals surface area contributed by atoms with Gasteiger partial charge in [-0.2, -0.15) is 0 Å². The lowest BCUT2D eigenvalue weighted by molar-refractivity contribution is 0.542. The second-order valence-corrected chi connectivity index (χ2v) is 8.95. The molecule has 98 valence electrons. The van der Waals surface area contributed by atoms with Gasteiger partial charge in [-0.1, -0.05) is 33.6 Å². The zero-order valence-corrected chi connectivity index (χ0v) is 12.7. The predicted molar refractivity (Wildman–Crippen MR) is 74.2 cm³/mol. The largest absolute Gasteiger partial charge is 0.571 e. The highest BCUT2D eigenvalue weighted by atomic mass is 33.2. The van der Waals surface area contributed by atoms with E-state index in [0.29, 0.717) is 11.7 Å². The van der Waals surface area contributed by atoms with Crippen LogP contribution in [0.15, 0.2) is 0 Å². The topological polar surface area (TPSA) is 46.1 Å². The minimum Gasteiger partial charge on any atom is -0.571 e. The first-order valence-electron chi connectivity index (χ1n) is 6.32. The first-order chi connectivity index (χ1) is 7.52. The lowest BCUT2D eigenvalue weighted by Gasteiger charge is -2.19. The molecule has 0 radical (unpaired) electrons. The van der Waals surface area contributed by atoms with Crippen molar-refractivity contribution in [1.29, 1.82) is 0 Å². The summed E-state index contributed by atoms with van der Waals surface area (Å²) in [5, 5.41) is 0.0783. The maximum atomic E-state index is 11.9. The van der Waals surface area contributed by atoms with Gasteiger partial charge in [0.25, 0.3) is 0 Å². The van der Waals surface area contributed by atoms with Gasteiger partial charge < -0.3 is 9.11 Å². The third kappa shape index (κ3) is 7.05. The van der Waals surface area contributed by atoms with Crippen molar-refractivity contribution < 1.29 is 9.11 Å². The number of rotatable bonds is 9. The Bertz CT molecular complexity index is 167. The Morgan fingerprint density at radius 1 is 1.00 bits per heavy atom. The Kier molecular flexibility index (Phi) is 10.0. The number of unbranched alkanes of at least 4 members (excludes halogenated alkanes) is 1. The monoisotopic (exact) mass is 266 g/mol. The molecule has 0 saturated heterocycles. The molecule has 0 bridgehead atoms. The van der Waals surface area contributed by atoms with Gasteiger partial charge in [-0.25, -0.2) is 0 Å². The van der Waals surface area contributed by atoms with Gasteiger partial charge in [-0.05, 0) is 26.2 Å². The minimum atomic E-state index is -1.16. The summed E-state index contributed by atoms with van der Waals surface area (Å²) >= 11 is 0. The van der Waals surface area contributed by atoms with Crippen LogP contribution >= 0.6 is 0 Å². The van der Waals surface area contributed by atoms with Crippen molar-refractivity contribution in [3.63, 3.8) is 0 Å². The number of hydrogen-bond donors (Lipinski definition) is 0. The van der Waals surface area contributed by atoms with E-state index in [2.05, 4.69) is 20.8 Å². The summed E-state index contributed by atoms with van der Waals surface area (Å²) in [6.45, 7) is 8.29. The molecule has 4 heteroatoms. The van der Waals surface area contributed by atoms with Crippen molar-refractivity contribution in [2.75, 3.05) is 5.75 Å². The molecule has 0 amide bonds. The van der Waals surface area contributed by atoms with E-state index in [1.165, 1.54) is 0 Å². The second kappa shape index (κ2) is 9.63. The Balaban J connectivity index is 3.91. The van der Waals surface area contributed by atoms with E-state index >= 15 is 0 Å². The van der Waals surface area contributed by atoms with Crippen molar-refractivity contribution in [3.8, 4) is 0 Å². The van der Waals surface area contributed by atoms with E-state index in [0.717, 1.165) is 32.1 Å². The second-order valence-electron chi connectivity index (χ2n) is 4.58. The average molecular weight is 266 g/mol. The molecule has 0 heterocycles. The highest BCUT2D eigenvalue weighted by molar-refractivity contribution is 8.67. The van der Waals surface area contributed by atoms with Crippen LogP contribution in [0.2, 0.25) is 0 Å². The van der Waals surface area contributed by atoms with E-state index in [-0.39, 0.29) is 5.25 Å². The average Bonchev–Trinajstić information content (AvgIpc) is 2.24. The van der Waals surface area contributed by atoms with Crippen LogP contribution in [0.3, 0.4) is 0 Å². The molecule has 0 aliphatic carbocycles. The highest BCUT2D eigenvalue weighted by Crippen LogP contribution is 2.20. The van der Waals surface area contributed by atoms with E-state index < -0.39 is 20.4 Å². The van der Waals surface area contributed by atoms with Crippen LogP contribution in [0, 0.1) is 5.92 Å². The summed E-state index contributed by atoms with van der Waals surface area (Å²) < 4.78 is 23.7. The van der Waals surface area contributed by atoms with Gasteiger partial charge in [-0.3, -0.25) is 0 Å². The zero-order chi connectivity index (χ0) is 12.6. The van der Waals surface area contributed by atoms with Crippen molar-refractivity contribution in [2.45, 2.75) is 65.0 Å². The standard InChI is InChI=1S/C12H26O2S2/c1-5-7-9-12(4)16(14)15(13)10-11(3)8-6-2/h11-12H,5-10H2,1-4H3. The van der Waals surface area contributed by atoms with Gasteiger partial charge in [0.05, 0.1) is 0 Å². The van der Waals surface area contributed by atoms with Crippen LogP contribution in [-0.4, -0.2) is 20.1 Å². The molecular formula is C12H26O2S2. The predicted octanol–water partition coefficient (Wildman–Crippen LogP) is 3.41. The van der Waals surface area contributed by atoms with Crippen LogP contribution < -0.4 is 0 Å². The summed E-state index contributed by atoms with van der Waals surface area (Å²) in [4.78, 5) is 0. The molecule has 0 aromatic rings. The van der Waals surface area contributed by atoms with E-state index in [9.17, 15) is 9.11 Å². The van der Waals surface area contributed by atoms with E-state index in [1.807, 2.05) is 6.92 Å². The highest BCUT2D eigenvalue weighted by Gasteiger charge is 2.32. The zero-order valence-electron chi connectivity index (χ0n) is 11.0. The molecule has 4 unspecified atom stereocenters. The van der Waals surface area contributed by atoms with Crippen molar-refractivity contribution in [3.05, 3.63) is 0 Å². The molecule has 4 atom stereocenters. The normalized spacial score (nSPS) is 19.1. The fraction of sp³-hybridized carbons (Fsp3) is 1.00. The third-order valence-electron chi connectivity index (χ3n) is 2.68. The Hall–Kier alpha value is 0.620. The lowest BCUT2D eigenvalue weighted by atomic mass is 10.1. The third-order valence-corrected chi connectivity index (χ3v) is 7.27. The maximum absolute atomic E-state index is 11.9. The van der Waals surface area contributed by atoms with Gasteiger partial charge in [0, 0.05) is 5.92 Å². The molecular weight excluding hydrogens is 240 g/mol. The fourth-order valence-corrected chi connectivity index (χ4v) is 5.62. The fourth-order valence-electron chi connectivity index (χ4n) is 1.65. The van der Waals surface area contributed by atoms with Gasteiger partial charge in [0.15, 0.2) is 31.4 Å². The van der Waals surface area contributed by atoms with Crippen LogP contribution in [-0.2, 0) is 20.4 Å². The molecule has 2 nitrogen and oxygen atoms in total.